The molecule has 0 aromatic heterocycles. The molecule has 1 rings (SSSR count). The Morgan fingerprint density at radius 3 is 2.45 bits per heavy atom. The normalized spacial score (nSPS) is 16.8. The number of aliphatic hydroxyl groups is 1. The van der Waals surface area contributed by atoms with Crippen LogP contribution >= 0.6 is 0 Å². The van der Waals surface area contributed by atoms with Crippen molar-refractivity contribution >= 4 is 0 Å². The molecular formula is C15H22F3NO. The van der Waals surface area contributed by atoms with E-state index in [4.69, 9.17) is 0 Å². The van der Waals surface area contributed by atoms with E-state index in [-0.39, 0.29) is 18.1 Å². The molecule has 0 aliphatic carbocycles. The molecule has 0 radical (unpaired) electrons. The fraction of sp³-hybridized carbons (Fsp3) is 0.600. The molecule has 2 unspecified atom stereocenters. The number of halogens is 3. The second-order valence-corrected chi connectivity index (χ2v) is 5.55. The third-order valence-electron chi connectivity index (χ3n) is 3.78. The van der Waals surface area contributed by atoms with Crippen LogP contribution in [0.5, 0.6) is 0 Å². The lowest BCUT2D eigenvalue weighted by atomic mass is 9.88. The predicted molar refractivity (Wildman–Crippen MR) is 73.3 cm³/mol. The van der Waals surface area contributed by atoms with E-state index in [1.807, 2.05) is 20.8 Å². The molecule has 2 atom stereocenters. The first kappa shape index (κ1) is 17.0. The zero-order valence-corrected chi connectivity index (χ0v) is 12.1. The Balaban J connectivity index is 2.76. The maximum Gasteiger partial charge on any atom is 0.416 e. The van der Waals surface area contributed by atoms with Gasteiger partial charge in [0.2, 0.25) is 0 Å². The minimum Gasteiger partial charge on any atom is -0.396 e. The molecule has 0 bridgehead atoms. The summed E-state index contributed by atoms with van der Waals surface area (Å²) in [6.07, 6.45) is -3.52. The van der Waals surface area contributed by atoms with E-state index in [0.29, 0.717) is 12.1 Å². The number of alkyl halides is 3. The van der Waals surface area contributed by atoms with E-state index in [2.05, 4.69) is 5.32 Å². The van der Waals surface area contributed by atoms with Gasteiger partial charge in [-0.2, -0.15) is 13.2 Å². The first-order valence-corrected chi connectivity index (χ1v) is 6.73. The highest BCUT2D eigenvalue weighted by atomic mass is 19.4. The Kier molecular flexibility index (Phi) is 5.59. The molecule has 0 aliphatic heterocycles. The van der Waals surface area contributed by atoms with Gasteiger partial charge in [0.1, 0.15) is 0 Å². The first-order chi connectivity index (χ1) is 9.22. The van der Waals surface area contributed by atoms with Crippen LogP contribution in [0.25, 0.3) is 0 Å². The molecule has 0 spiro atoms. The van der Waals surface area contributed by atoms with Crippen molar-refractivity contribution in [3.8, 4) is 0 Å². The van der Waals surface area contributed by atoms with Crippen LogP contribution in [-0.4, -0.2) is 18.3 Å². The lowest BCUT2D eigenvalue weighted by Crippen LogP contribution is -2.35. The van der Waals surface area contributed by atoms with E-state index in [9.17, 15) is 18.3 Å². The summed E-state index contributed by atoms with van der Waals surface area (Å²) in [5, 5.41) is 12.5. The lowest BCUT2D eigenvalue weighted by Gasteiger charge is -2.28. The smallest absolute Gasteiger partial charge is 0.396 e. The maximum absolute atomic E-state index is 12.7. The van der Waals surface area contributed by atoms with Gasteiger partial charge in [-0.1, -0.05) is 26.0 Å². The van der Waals surface area contributed by atoms with Crippen LogP contribution in [0.2, 0.25) is 0 Å². The Labute approximate surface area is 118 Å². The minimum absolute atomic E-state index is 0.0474. The van der Waals surface area contributed by atoms with Gasteiger partial charge < -0.3 is 10.4 Å². The van der Waals surface area contributed by atoms with E-state index in [1.165, 1.54) is 12.1 Å². The fourth-order valence-corrected chi connectivity index (χ4v) is 1.79. The van der Waals surface area contributed by atoms with E-state index in [1.54, 1.807) is 6.07 Å². The Bertz CT molecular complexity index is 427. The zero-order chi connectivity index (χ0) is 15.4. The Morgan fingerprint density at radius 1 is 1.30 bits per heavy atom. The molecule has 1 aromatic rings. The van der Waals surface area contributed by atoms with Crippen LogP contribution < -0.4 is 5.32 Å². The minimum atomic E-state index is -4.32. The molecule has 114 valence electrons. The molecule has 0 amide bonds. The van der Waals surface area contributed by atoms with Gasteiger partial charge >= 0.3 is 6.18 Å². The highest BCUT2D eigenvalue weighted by molar-refractivity contribution is 5.27. The van der Waals surface area contributed by atoms with Crippen molar-refractivity contribution < 1.29 is 18.3 Å². The van der Waals surface area contributed by atoms with Crippen molar-refractivity contribution in [1.82, 2.24) is 5.32 Å². The highest BCUT2D eigenvalue weighted by Crippen LogP contribution is 2.31. The number of hydrogen-bond donors (Lipinski definition) is 2. The molecule has 1 aromatic carbocycles. The Morgan fingerprint density at radius 2 is 1.95 bits per heavy atom. The van der Waals surface area contributed by atoms with Crippen LogP contribution in [0.1, 0.15) is 44.4 Å². The molecule has 5 heteroatoms. The molecule has 0 saturated carbocycles. The average Bonchev–Trinajstić information content (AvgIpc) is 2.43. The van der Waals surface area contributed by atoms with Gasteiger partial charge in [-0.05, 0) is 31.0 Å². The molecule has 0 fully saturated rings. The number of rotatable bonds is 6. The summed E-state index contributed by atoms with van der Waals surface area (Å²) in [6, 6.07) is 5.13. The van der Waals surface area contributed by atoms with Crippen LogP contribution in [0.15, 0.2) is 24.3 Å². The van der Waals surface area contributed by atoms with Crippen LogP contribution in [0.4, 0.5) is 13.2 Å². The van der Waals surface area contributed by atoms with Crippen molar-refractivity contribution in [3.63, 3.8) is 0 Å². The van der Waals surface area contributed by atoms with Crippen LogP contribution in [-0.2, 0) is 6.18 Å². The monoisotopic (exact) mass is 289 g/mol. The van der Waals surface area contributed by atoms with E-state index < -0.39 is 11.7 Å². The maximum atomic E-state index is 12.7. The quantitative estimate of drug-likeness (QED) is 0.835. The Hall–Kier alpha value is -1.07. The third-order valence-corrected chi connectivity index (χ3v) is 3.78. The number of benzene rings is 1. The summed E-state index contributed by atoms with van der Waals surface area (Å²) >= 11 is 0. The molecule has 0 saturated heterocycles. The summed E-state index contributed by atoms with van der Waals surface area (Å²) in [5.74, 6) is 0. The summed E-state index contributed by atoms with van der Waals surface area (Å²) in [7, 11) is 0. The number of nitrogens with one attached hydrogen (secondary N) is 1. The van der Waals surface area contributed by atoms with Crippen LogP contribution in [0, 0.1) is 5.41 Å². The third kappa shape index (κ3) is 4.49. The van der Waals surface area contributed by atoms with Crippen molar-refractivity contribution in [2.45, 2.75) is 39.4 Å². The molecule has 20 heavy (non-hydrogen) atoms. The van der Waals surface area contributed by atoms with Gasteiger partial charge in [0.15, 0.2) is 0 Å². The summed E-state index contributed by atoms with van der Waals surface area (Å²) in [6.45, 7) is 6.35. The summed E-state index contributed by atoms with van der Waals surface area (Å²) in [4.78, 5) is 0. The standard InChI is InChI=1S/C15H22F3NO/c1-4-14(3,10-20)9-19-11(2)12-6-5-7-13(8-12)15(16,17)18/h5-8,11,19-20H,4,9-10H2,1-3H3. The van der Waals surface area contributed by atoms with Gasteiger partial charge in [0.25, 0.3) is 0 Å². The fourth-order valence-electron chi connectivity index (χ4n) is 1.79. The van der Waals surface area contributed by atoms with E-state index >= 15 is 0 Å². The second kappa shape index (κ2) is 6.59. The molecule has 0 aliphatic rings. The van der Waals surface area contributed by atoms with Gasteiger partial charge in [0, 0.05) is 24.6 Å². The van der Waals surface area contributed by atoms with Gasteiger partial charge in [0.05, 0.1) is 5.56 Å². The molecule has 2 nitrogen and oxygen atoms in total. The average molecular weight is 289 g/mol. The topological polar surface area (TPSA) is 32.3 Å². The lowest BCUT2D eigenvalue weighted by molar-refractivity contribution is -0.137. The van der Waals surface area contributed by atoms with E-state index in [0.717, 1.165) is 12.5 Å². The van der Waals surface area contributed by atoms with Crippen LogP contribution in [0.3, 0.4) is 0 Å². The van der Waals surface area contributed by atoms with Crippen molar-refractivity contribution in [2.75, 3.05) is 13.2 Å². The molecule has 2 N–H and O–H groups in total. The summed E-state index contributed by atoms with van der Waals surface area (Å²) < 4.78 is 38.0. The molecule has 0 heterocycles. The number of hydrogen-bond acceptors (Lipinski definition) is 2. The van der Waals surface area contributed by atoms with Crippen molar-refractivity contribution in [3.05, 3.63) is 35.4 Å². The highest BCUT2D eigenvalue weighted by Gasteiger charge is 2.30. The SMILES string of the molecule is CCC(C)(CO)CNC(C)c1cccc(C(F)(F)F)c1. The molecular weight excluding hydrogens is 267 g/mol. The zero-order valence-electron chi connectivity index (χ0n) is 12.1. The largest absolute Gasteiger partial charge is 0.416 e. The number of aliphatic hydroxyl groups excluding tert-OH is 1. The van der Waals surface area contributed by atoms with Gasteiger partial charge in [-0.3, -0.25) is 0 Å². The van der Waals surface area contributed by atoms with Crippen molar-refractivity contribution in [1.29, 1.82) is 0 Å². The second-order valence-electron chi connectivity index (χ2n) is 5.55. The van der Waals surface area contributed by atoms with Gasteiger partial charge in [-0.25, -0.2) is 0 Å². The predicted octanol–water partition coefficient (Wildman–Crippen LogP) is 3.76. The first-order valence-electron chi connectivity index (χ1n) is 6.73. The summed E-state index contributed by atoms with van der Waals surface area (Å²) in [5.41, 5.74) is -0.295. The van der Waals surface area contributed by atoms with Gasteiger partial charge in [-0.15, -0.1) is 0 Å². The van der Waals surface area contributed by atoms with Crippen molar-refractivity contribution in [2.24, 2.45) is 5.41 Å².